The predicted molar refractivity (Wildman–Crippen MR) is 147 cm³/mol. The van der Waals surface area contributed by atoms with E-state index in [4.69, 9.17) is 0 Å². The van der Waals surface area contributed by atoms with Crippen LogP contribution in [0, 0.1) is 17.2 Å². The van der Waals surface area contributed by atoms with Gasteiger partial charge in [-0.3, -0.25) is 4.79 Å². The Hall–Kier alpha value is -2.53. The number of carbonyl (C=O) groups excluding carboxylic acids is 1. The fourth-order valence-electron chi connectivity index (χ4n) is 8.35. The molecule has 1 unspecified atom stereocenters. The normalized spacial score (nSPS) is 32.0. The van der Waals surface area contributed by atoms with E-state index in [-0.39, 0.29) is 35.1 Å². The number of nitrogens with zero attached hydrogens (tertiary/aromatic N) is 1. The maximum absolute atomic E-state index is 14.9. The van der Waals surface area contributed by atoms with Gasteiger partial charge >= 0.3 is 6.18 Å². The van der Waals surface area contributed by atoms with Crippen LogP contribution in [0.5, 0.6) is 0 Å². The van der Waals surface area contributed by atoms with Gasteiger partial charge in [-0.25, -0.2) is 21.9 Å². The van der Waals surface area contributed by atoms with E-state index < -0.39 is 32.8 Å². The number of hydrogen-bond donors (Lipinski definition) is 1. The Balaban J connectivity index is 1.26. The standard InChI is InChI=1S/C31H35F5N2O3S/c1-28(33,31(34,35)36)22-6-9-25-20(13-22)5-10-26-30(25,14-19-3-7-23(32)8-4-19)11-12-38(26)27(39)21-15-29(16-21)17-24(18-29)37-42(2,40)41/h3-4,6-9,13,21,24,26,37H,5,10-12,14-18H2,1-2H3/t21?,24?,26-,28?,29?,30-/m1/s1. The van der Waals surface area contributed by atoms with E-state index in [9.17, 15) is 35.2 Å². The van der Waals surface area contributed by atoms with Gasteiger partial charge in [0.25, 0.3) is 0 Å². The topological polar surface area (TPSA) is 66.5 Å². The van der Waals surface area contributed by atoms with E-state index >= 15 is 0 Å². The summed E-state index contributed by atoms with van der Waals surface area (Å²) in [6.07, 6.45) is 1.01. The summed E-state index contributed by atoms with van der Waals surface area (Å²) in [5.74, 6) is -0.448. The molecule has 1 spiro atoms. The number of amides is 1. The fraction of sp³-hybridized carbons (Fsp3) is 0.581. The Morgan fingerprint density at radius 1 is 1.05 bits per heavy atom. The Morgan fingerprint density at radius 2 is 1.71 bits per heavy atom. The number of fused-ring (bicyclic) bond motifs is 3. The highest BCUT2D eigenvalue weighted by atomic mass is 32.2. The van der Waals surface area contributed by atoms with Crippen molar-refractivity contribution in [1.29, 1.82) is 0 Å². The fourth-order valence-corrected chi connectivity index (χ4v) is 9.12. The van der Waals surface area contributed by atoms with Crippen LogP contribution in [0.1, 0.15) is 67.7 Å². The number of aryl methyl sites for hydroxylation is 1. The minimum absolute atomic E-state index is 0.000667. The van der Waals surface area contributed by atoms with Crippen molar-refractivity contribution in [3.63, 3.8) is 0 Å². The number of sulfonamides is 1. The molecule has 0 radical (unpaired) electrons. The Labute approximate surface area is 242 Å². The smallest absolute Gasteiger partial charge is 0.339 e. The molecule has 4 aliphatic rings. The average molecular weight is 611 g/mol. The summed E-state index contributed by atoms with van der Waals surface area (Å²) in [4.78, 5) is 15.8. The number of alkyl halides is 4. The quantitative estimate of drug-likeness (QED) is 0.427. The first-order valence-electron chi connectivity index (χ1n) is 14.4. The molecule has 42 heavy (non-hydrogen) atoms. The lowest BCUT2D eigenvalue weighted by Crippen LogP contribution is -2.59. The third-order valence-corrected chi connectivity index (χ3v) is 11.1. The first-order valence-corrected chi connectivity index (χ1v) is 16.3. The number of hydrogen-bond acceptors (Lipinski definition) is 3. The van der Waals surface area contributed by atoms with Crippen LogP contribution in [0.25, 0.3) is 0 Å². The van der Waals surface area contributed by atoms with Gasteiger partial charge in [0.1, 0.15) is 5.82 Å². The van der Waals surface area contributed by atoms with Crippen LogP contribution in [0.2, 0.25) is 0 Å². The van der Waals surface area contributed by atoms with Crippen LogP contribution in [-0.2, 0) is 38.7 Å². The molecule has 0 aromatic heterocycles. The molecule has 1 saturated heterocycles. The Kier molecular flexibility index (Phi) is 6.85. The second-order valence-corrected chi connectivity index (χ2v) is 15.0. The van der Waals surface area contributed by atoms with Gasteiger partial charge in [0.15, 0.2) is 0 Å². The second kappa shape index (κ2) is 9.74. The van der Waals surface area contributed by atoms with Crippen molar-refractivity contribution in [2.75, 3.05) is 12.8 Å². The van der Waals surface area contributed by atoms with Gasteiger partial charge in [0.05, 0.1) is 6.26 Å². The highest BCUT2D eigenvalue weighted by Gasteiger charge is 2.59. The van der Waals surface area contributed by atoms with Crippen LogP contribution in [-0.4, -0.2) is 50.3 Å². The number of halogens is 5. The van der Waals surface area contributed by atoms with Crippen LogP contribution in [0.15, 0.2) is 42.5 Å². The summed E-state index contributed by atoms with van der Waals surface area (Å²) in [7, 11) is -3.28. The molecule has 1 amide bonds. The first kappa shape index (κ1) is 29.5. The van der Waals surface area contributed by atoms with Crippen molar-refractivity contribution in [3.8, 4) is 0 Å². The molecule has 2 aromatic rings. The van der Waals surface area contributed by atoms with Crippen molar-refractivity contribution in [2.45, 2.75) is 87.6 Å². The van der Waals surface area contributed by atoms with Crippen LogP contribution < -0.4 is 4.72 Å². The molecule has 2 saturated carbocycles. The van der Waals surface area contributed by atoms with Crippen molar-refractivity contribution < 1.29 is 35.2 Å². The zero-order valence-corrected chi connectivity index (χ0v) is 24.4. The Morgan fingerprint density at radius 3 is 2.33 bits per heavy atom. The molecule has 0 bridgehead atoms. The lowest BCUT2D eigenvalue weighted by Gasteiger charge is -2.58. The summed E-state index contributed by atoms with van der Waals surface area (Å²) in [5, 5.41) is 0. The van der Waals surface area contributed by atoms with Gasteiger partial charge in [0, 0.05) is 30.0 Å². The predicted octanol–water partition coefficient (Wildman–Crippen LogP) is 5.71. The third kappa shape index (κ3) is 4.94. The van der Waals surface area contributed by atoms with Crippen LogP contribution >= 0.6 is 0 Å². The van der Waals surface area contributed by atoms with E-state index in [1.54, 1.807) is 18.2 Å². The Bertz CT molecular complexity index is 1490. The second-order valence-electron chi connectivity index (χ2n) is 13.3. The van der Waals surface area contributed by atoms with E-state index in [0.29, 0.717) is 57.6 Å². The number of carbonyl (C=O) groups is 1. The van der Waals surface area contributed by atoms with Gasteiger partial charge in [-0.1, -0.05) is 30.3 Å². The van der Waals surface area contributed by atoms with Crippen LogP contribution in [0.3, 0.4) is 0 Å². The molecule has 1 heterocycles. The van der Waals surface area contributed by atoms with E-state index in [1.165, 1.54) is 24.3 Å². The molecule has 3 aliphatic carbocycles. The van der Waals surface area contributed by atoms with E-state index in [2.05, 4.69) is 4.72 Å². The monoisotopic (exact) mass is 610 g/mol. The molecule has 5 nitrogen and oxygen atoms in total. The number of nitrogens with one attached hydrogen (secondary N) is 1. The summed E-state index contributed by atoms with van der Waals surface area (Å²) in [6, 6.07) is 10.0. The molecule has 6 rings (SSSR count). The molecule has 1 aliphatic heterocycles. The maximum Gasteiger partial charge on any atom is 0.426 e. The summed E-state index contributed by atoms with van der Waals surface area (Å²) in [5.41, 5.74) is -2.15. The number of rotatable bonds is 6. The molecular weight excluding hydrogens is 575 g/mol. The summed E-state index contributed by atoms with van der Waals surface area (Å²) < 4.78 is 94.9. The molecule has 11 heteroatoms. The zero-order chi connectivity index (χ0) is 30.3. The average Bonchev–Trinajstić information content (AvgIpc) is 3.23. The van der Waals surface area contributed by atoms with Gasteiger partial charge in [-0.15, -0.1) is 0 Å². The molecule has 228 valence electrons. The largest absolute Gasteiger partial charge is 0.426 e. The maximum atomic E-state index is 14.9. The minimum atomic E-state index is -5.05. The van der Waals surface area contributed by atoms with E-state index in [1.807, 2.05) is 4.90 Å². The molecule has 3 fully saturated rings. The van der Waals surface area contributed by atoms with Crippen LogP contribution in [0.4, 0.5) is 22.0 Å². The van der Waals surface area contributed by atoms with Crippen molar-refractivity contribution in [3.05, 3.63) is 70.5 Å². The molecule has 3 atom stereocenters. The summed E-state index contributed by atoms with van der Waals surface area (Å²) >= 11 is 0. The van der Waals surface area contributed by atoms with Crippen molar-refractivity contribution in [2.24, 2.45) is 11.3 Å². The molecule has 1 N–H and O–H groups in total. The number of benzene rings is 2. The van der Waals surface area contributed by atoms with Gasteiger partial charge in [0.2, 0.25) is 21.6 Å². The SMILES string of the molecule is CC(F)(c1ccc2c(c1)CC[C@H]1N(C(=O)C3CC4(CC(NS(C)(=O)=O)C4)C3)CC[C@@]21Cc1ccc(F)cc1)C(F)(F)F. The van der Waals surface area contributed by atoms with Gasteiger partial charge in [-0.2, -0.15) is 13.2 Å². The van der Waals surface area contributed by atoms with Gasteiger partial charge < -0.3 is 4.90 Å². The third-order valence-electron chi connectivity index (χ3n) is 10.4. The molecular formula is C31H35F5N2O3S. The molecule has 2 aromatic carbocycles. The van der Waals surface area contributed by atoms with E-state index in [0.717, 1.165) is 30.2 Å². The van der Waals surface area contributed by atoms with Crippen molar-refractivity contribution in [1.82, 2.24) is 9.62 Å². The van der Waals surface area contributed by atoms with Crippen molar-refractivity contribution >= 4 is 15.9 Å². The van der Waals surface area contributed by atoms with Gasteiger partial charge in [-0.05, 0) is 98.1 Å². The minimum Gasteiger partial charge on any atom is -0.339 e. The first-order chi connectivity index (χ1) is 19.5. The highest BCUT2D eigenvalue weighted by molar-refractivity contribution is 7.88. The lowest BCUT2D eigenvalue weighted by molar-refractivity contribution is -0.228. The zero-order valence-electron chi connectivity index (χ0n) is 23.6. The highest BCUT2D eigenvalue weighted by Crippen LogP contribution is 2.60. The number of likely N-dealkylation sites (tertiary alicyclic amines) is 1. The summed E-state index contributed by atoms with van der Waals surface area (Å²) in [6.45, 7) is 1.04. The lowest BCUT2D eigenvalue weighted by atomic mass is 9.50.